The van der Waals surface area contributed by atoms with Crippen molar-refractivity contribution < 1.29 is 19.4 Å². The normalized spacial score (nSPS) is 19.5. The van der Waals surface area contributed by atoms with Crippen LogP contribution in [0.4, 0.5) is 0 Å². The lowest BCUT2D eigenvalue weighted by atomic mass is 9.86. The molecule has 29 heavy (non-hydrogen) atoms. The molecule has 1 aliphatic rings. The molecule has 1 unspecified atom stereocenters. The quantitative estimate of drug-likeness (QED) is 0.566. The first-order valence-corrected chi connectivity index (χ1v) is 11.3. The summed E-state index contributed by atoms with van der Waals surface area (Å²) in [5.74, 6) is 0.914. The molecule has 0 radical (unpaired) electrons. The maximum absolute atomic E-state index is 13.2. The van der Waals surface area contributed by atoms with Crippen molar-refractivity contribution >= 4 is 21.8 Å². The SMILES string of the molecule is Cc1c(C)c2c(c(C)c1O)CCC(C)(C(=O)NC(C)(C)COCC(C)(C)CBr)O2. The van der Waals surface area contributed by atoms with E-state index in [9.17, 15) is 9.90 Å². The molecule has 2 rings (SSSR count). The van der Waals surface area contributed by atoms with E-state index in [-0.39, 0.29) is 11.3 Å². The third-order valence-corrected chi connectivity index (χ3v) is 7.29. The molecule has 1 heterocycles. The molecule has 1 aromatic rings. The minimum absolute atomic E-state index is 0.0427. The van der Waals surface area contributed by atoms with Crippen LogP contribution in [0.3, 0.4) is 0 Å². The van der Waals surface area contributed by atoms with Gasteiger partial charge in [-0.3, -0.25) is 4.79 Å². The van der Waals surface area contributed by atoms with E-state index in [4.69, 9.17) is 9.47 Å². The van der Waals surface area contributed by atoms with Gasteiger partial charge in [0, 0.05) is 17.3 Å². The standard InChI is InChI=1S/C23H36BrNO4/c1-14-15(2)19-17(16(3)18(14)26)9-10-23(8,29-19)20(27)25-22(6,7)13-28-12-21(4,5)11-24/h26H,9-13H2,1-8H3,(H,25,27). The van der Waals surface area contributed by atoms with E-state index >= 15 is 0 Å². The number of carbonyl (C=O) groups is 1. The fourth-order valence-corrected chi connectivity index (χ4v) is 3.67. The first-order valence-electron chi connectivity index (χ1n) is 10.2. The van der Waals surface area contributed by atoms with Gasteiger partial charge in [-0.05, 0) is 70.1 Å². The number of phenolic OH excluding ortho intramolecular Hbond substituents is 1. The number of hydrogen-bond donors (Lipinski definition) is 2. The van der Waals surface area contributed by atoms with Gasteiger partial charge in [0.25, 0.3) is 5.91 Å². The van der Waals surface area contributed by atoms with E-state index in [1.807, 2.05) is 41.5 Å². The number of amides is 1. The van der Waals surface area contributed by atoms with Crippen LogP contribution in [0.5, 0.6) is 11.5 Å². The zero-order valence-corrected chi connectivity index (χ0v) is 20.7. The van der Waals surface area contributed by atoms with Crippen molar-refractivity contribution in [2.75, 3.05) is 18.5 Å². The lowest BCUT2D eigenvalue weighted by Gasteiger charge is -2.39. The van der Waals surface area contributed by atoms with Crippen molar-refractivity contribution in [2.24, 2.45) is 5.41 Å². The summed E-state index contributed by atoms with van der Waals surface area (Å²) in [6, 6.07) is 0. The number of benzene rings is 1. The fourth-order valence-electron chi connectivity index (χ4n) is 3.50. The van der Waals surface area contributed by atoms with Gasteiger partial charge in [-0.2, -0.15) is 0 Å². The van der Waals surface area contributed by atoms with Gasteiger partial charge in [0.05, 0.1) is 18.8 Å². The molecule has 0 spiro atoms. The summed E-state index contributed by atoms with van der Waals surface area (Å²) in [6.45, 7) is 16.8. The van der Waals surface area contributed by atoms with E-state index in [1.54, 1.807) is 0 Å². The van der Waals surface area contributed by atoms with E-state index in [2.05, 4.69) is 35.1 Å². The van der Waals surface area contributed by atoms with Crippen molar-refractivity contribution in [1.82, 2.24) is 5.32 Å². The molecule has 1 amide bonds. The van der Waals surface area contributed by atoms with Crippen LogP contribution in [0.15, 0.2) is 0 Å². The van der Waals surface area contributed by atoms with Crippen LogP contribution in [0, 0.1) is 26.2 Å². The Hall–Kier alpha value is -1.27. The Morgan fingerprint density at radius 1 is 1.17 bits per heavy atom. The van der Waals surface area contributed by atoms with Crippen molar-refractivity contribution in [1.29, 1.82) is 0 Å². The Morgan fingerprint density at radius 3 is 2.38 bits per heavy atom. The number of nitrogens with one attached hydrogen (secondary N) is 1. The van der Waals surface area contributed by atoms with E-state index in [1.165, 1.54) is 0 Å². The second-order valence-electron chi connectivity index (χ2n) is 9.99. The van der Waals surface area contributed by atoms with Crippen LogP contribution in [0.2, 0.25) is 0 Å². The molecule has 0 fully saturated rings. The monoisotopic (exact) mass is 469 g/mol. The van der Waals surface area contributed by atoms with Crippen LogP contribution in [-0.4, -0.2) is 40.7 Å². The molecule has 164 valence electrons. The molecule has 0 saturated carbocycles. The van der Waals surface area contributed by atoms with Gasteiger partial charge < -0.3 is 19.9 Å². The number of fused-ring (bicyclic) bond motifs is 1. The Kier molecular flexibility index (Phi) is 7.00. The number of halogens is 1. The Labute approximate surface area is 183 Å². The van der Waals surface area contributed by atoms with Gasteiger partial charge in [-0.25, -0.2) is 0 Å². The van der Waals surface area contributed by atoms with Crippen LogP contribution < -0.4 is 10.1 Å². The molecular weight excluding hydrogens is 434 g/mol. The first kappa shape index (κ1) is 24.0. The number of alkyl halides is 1. The third-order valence-electron chi connectivity index (χ3n) is 5.77. The highest BCUT2D eigenvalue weighted by Gasteiger charge is 2.42. The summed E-state index contributed by atoms with van der Waals surface area (Å²) >= 11 is 3.50. The molecule has 0 aliphatic carbocycles. The molecule has 0 saturated heterocycles. The zero-order chi connectivity index (χ0) is 22.2. The molecule has 0 aromatic heterocycles. The topological polar surface area (TPSA) is 67.8 Å². The predicted molar refractivity (Wildman–Crippen MR) is 120 cm³/mol. The second kappa shape index (κ2) is 8.46. The van der Waals surface area contributed by atoms with Crippen molar-refractivity contribution in [3.05, 3.63) is 22.3 Å². The van der Waals surface area contributed by atoms with Crippen molar-refractivity contribution in [2.45, 2.75) is 79.4 Å². The molecular formula is C23H36BrNO4. The van der Waals surface area contributed by atoms with E-state index in [0.29, 0.717) is 31.8 Å². The zero-order valence-electron chi connectivity index (χ0n) is 19.1. The Bertz CT molecular complexity index is 788. The van der Waals surface area contributed by atoms with Crippen molar-refractivity contribution in [3.63, 3.8) is 0 Å². The van der Waals surface area contributed by atoms with Gasteiger partial charge in [0.15, 0.2) is 5.60 Å². The largest absolute Gasteiger partial charge is 0.507 e. The number of phenols is 1. The van der Waals surface area contributed by atoms with Crippen LogP contribution in [0.1, 0.15) is 63.3 Å². The lowest BCUT2D eigenvalue weighted by Crippen LogP contribution is -2.58. The van der Waals surface area contributed by atoms with E-state index in [0.717, 1.165) is 33.3 Å². The second-order valence-corrected chi connectivity index (χ2v) is 10.6. The fraction of sp³-hybridized carbons (Fsp3) is 0.696. The van der Waals surface area contributed by atoms with Gasteiger partial charge in [0.2, 0.25) is 0 Å². The third kappa shape index (κ3) is 5.26. The minimum Gasteiger partial charge on any atom is -0.507 e. The summed E-state index contributed by atoms with van der Waals surface area (Å²) in [6.07, 6.45) is 1.25. The Balaban J connectivity index is 2.12. The lowest BCUT2D eigenvalue weighted by molar-refractivity contribution is -0.139. The maximum atomic E-state index is 13.2. The molecule has 6 heteroatoms. The summed E-state index contributed by atoms with van der Waals surface area (Å²) in [5.41, 5.74) is 2.10. The number of aromatic hydroxyl groups is 1. The van der Waals surface area contributed by atoms with Gasteiger partial charge in [0.1, 0.15) is 11.5 Å². The molecule has 0 bridgehead atoms. The Morgan fingerprint density at radius 2 is 1.79 bits per heavy atom. The van der Waals surface area contributed by atoms with Gasteiger partial charge in [-0.15, -0.1) is 0 Å². The highest BCUT2D eigenvalue weighted by molar-refractivity contribution is 9.09. The predicted octanol–water partition coefficient (Wildman–Crippen LogP) is 4.73. The maximum Gasteiger partial charge on any atom is 0.264 e. The van der Waals surface area contributed by atoms with Crippen molar-refractivity contribution in [3.8, 4) is 11.5 Å². The van der Waals surface area contributed by atoms with E-state index < -0.39 is 11.1 Å². The number of carbonyl (C=O) groups excluding carboxylic acids is 1. The average molecular weight is 470 g/mol. The minimum atomic E-state index is -0.958. The molecule has 2 N–H and O–H groups in total. The highest BCUT2D eigenvalue weighted by Crippen LogP contribution is 2.43. The molecule has 1 aliphatic heterocycles. The summed E-state index contributed by atoms with van der Waals surface area (Å²) < 4.78 is 12.2. The first-order chi connectivity index (χ1) is 13.2. The summed E-state index contributed by atoms with van der Waals surface area (Å²) in [4.78, 5) is 13.2. The molecule has 1 atom stereocenters. The van der Waals surface area contributed by atoms with Gasteiger partial charge >= 0.3 is 0 Å². The number of rotatable bonds is 7. The molecule has 1 aromatic carbocycles. The average Bonchev–Trinajstić information content (AvgIpc) is 2.63. The highest BCUT2D eigenvalue weighted by atomic mass is 79.9. The summed E-state index contributed by atoms with van der Waals surface area (Å²) in [5, 5.41) is 14.3. The van der Waals surface area contributed by atoms with Crippen LogP contribution >= 0.6 is 15.9 Å². The molecule has 5 nitrogen and oxygen atoms in total. The smallest absolute Gasteiger partial charge is 0.264 e. The van der Waals surface area contributed by atoms with Crippen LogP contribution in [0.25, 0.3) is 0 Å². The van der Waals surface area contributed by atoms with Gasteiger partial charge in [-0.1, -0.05) is 29.8 Å². The summed E-state index contributed by atoms with van der Waals surface area (Å²) in [7, 11) is 0. The number of ether oxygens (including phenoxy) is 2. The number of hydrogen-bond acceptors (Lipinski definition) is 4. The van der Waals surface area contributed by atoms with Crippen LogP contribution in [-0.2, 0) is 16.0 Å².